The van der Waals surface area contributed by atoms with Gasteiger partial charge in [-0.05, 0) is 12.8 Å². The van der Waals surface area contributed by atoms with Crippen molar-refractivity contribution in [3.63, 3.8) is 0 Å². The van der Waals surface area contributed by atoms with E-state index in [1.54, 1.807) is 0 Å². The summed E-state index contributed by atoms with van der Waals surface area (Å²) in [7, 11) is 1.27. The number of likely N-dealkylation sites (tertiary alicyclic amines) is 1. The van der Waals surface area contributed by atoms with Crippen LogP contribution in [0.5, 0.6) is 0 Å². The molecule has 0 aliphatic carbocycles. The van der Waals surface area contributed by atoms with Crippen LogP contribution in [0.1, 0.15) is 12.8 Å². The summed E-state index contributed by atoms with van der Waals surface area (Å²) in [6.45, 7) is 0.236. The van der Waals surface area contributed by atoms with Gasteiger partial charge in [0.25, 0.3) is 5.56 Å². The molecule has 1 aromatic rings. The monoisotopic (exact) mass is 281 g/mol. The van der Waals surface area contributed by atoms with Crippen LogP contribution in [0, 0.1) is 0 Å². The number of rotatable bonds is 3. The van der Waals surface area contributed by atoms with Crippen LogP contribution in [0.25, 0.3) is 0 Å². The Morgan fingerprint density at radius 1 is 1.45 bits per heavy atom. The highest BCUT2D eigenvalue weighted by molar-refractivity contribution is 5.85. The molecule has 1 amide bonds. The van der Waals surface area contributed by atoms with Crippen molar-refractivity contribution in [3.8, 4) is 0 Å². The van der Waals surface area contributed by atoms with Crippen molar-refractivity contribution in [2.75, 3.05) is 13.7 Å². The van der Waals surface area contributed by atoms with Crippen molar-refractivity contribution in [1.82, 2.24) is 14.5 Å². The van der Waals surface area contributed by atoms with Crippen LogP contribution in [0.3, 0.4) is 0 Å². The molecule has 2 rings (SSSR count). The minimum absolute atomic E-state index is 0.219. The first-order valence-corrected chi connectivity index (χ1v) is 6.20. The van der Waals surface area contributed by atoms with Crippen LogP contribution in [0.15, 0.2) is 21.9 Å². The molecule has 1 aliphatic heterocycles. The predicted octanol–water partition coefficient (Wildman–Crippen LogP) is -1.30. The van der Waals surface area contributed by atoms with Gasteiger partial charge >= 0.3 is 11.7 Å². The molecule has 1 unspecified atom stereocenters. The van der Waals surface area contributed by atoms with Gasteiger partial charge in [0.2, 0.25) is 5.91 Å². The Hall–Kier alpha value is -2.38. The van der Waals surface area contributed by atoms with E-state index < -0.39 is 23.3 Å². The first-order valence-electron chi connectivity index (χ1n) is 6.20. The van der Waals surface area contributed by atoms with E-state index in [4.69, 9.17) is 0 Å². The second kappa shape index (κ2) is 5.72. The van der Waals surface area contributed by atoms with E-state index in [1.807, 2.05) is 0 Å². The maximum Gasteiger partial charge on any atom is 0.328 e. The maximum atomic E-state index is 12.1. The van der Waals surface area contributed by atoms with Crippen LogP contribution in [-0.4, -0.2) is 46.0 Å². The first-order chi connectivity index (χ1) is 9.52. The smallest absolute Gasteiger partial charge is 0.328 e. The van der Waals surface area contributed by atoms with E-state index in [0.717, 1.165) is 10.6 Å². The van der Waals surface area contributed by atoms with Crippen LogP contribution in [0.4, 0.5) is 0 Å². The number of H-pyrrole nitrogens is 1. The Morgan fingerprint density at radius 3 is 2.85 bits per heavy atom. The summed E-state index contributed by atoms with van der Waals surface area (Å²) in [5, 5.41) is 0. The number of nitrogens with zero attached hydrogens (tertiary/aromatic N) is 2. The zero-order chi connectivity index (χ0) is 14.7. The van der Waals surface area contributed by atoms with Crippen molar-refractivity contribution in [2.45, 2.75) is 25.4 Å². The maximum absolute atomic E-state index is 12.1. The van der Waals surface area contributed by atoms with E-state index in [1.165, 1.54) is 18.2 Å². The summed E-state index contributed by atoms with van der Waals surface area (Å²) >= 11 is 0. The lowest BCUT2D eigenvalue weighted by Gasteiger charge is -2.22. The minimum Gasteiger partial charge on any atom is -0.467 e. The molecule has 0 saturated carbocycles. The average molecular weight is 281 g/mol. The van der Waals surface area contributed by atoms with Gasteiger partial charge in [0, 0.05) is 18.8 Å². The lowest BCUT2D eigenvalue weighted by molar-refractivity contribution is -0.151. The molecular weight excluding hydrogens is 266 g/mol. The molecule has 1 aromatic heterocycles. The van der Waals surface area contributed by atoms with Gasteiger partial charge < -0.3 is 9.64 Å². The number of hydrogen-bond donors (Lipinski definition) is 1. The summed E-state index contributed by atoms with van der Waals surface area (Å²) in [6.07, 6.45) is 2.52. The van der Waals surface area contributed by atoms with Gasteiger partial charge in [-0.15, -0.1) is 0 Å². The number of carbonyl (C=O) groups excluding carboxylic acids is 2. The summed E-state index contributed by atoms with van der Waals surface area (Å²) in [4.78, 5) is 49.6. The number of methoxy groups -OCH3 is 1. The van der Waals surface area contributed by atoms with E-state index in [0.29, 0.717) is 19.4 Å². The highest BCUT2D eigenvalue weighted by Crippen LogP contribution is 2.18. The van der Waals surface area contributed by atoms with Gasteiger partial charge in [0.05, 0.1) is 7.11 Å². The van der Waals surface area contributed by atoms with Crippen LogP contribution in [-0.2, 0) is 20.9 Å². The average Bonchev–Trinajstić information content (AvgIpc) is 2.90. The largest absolute Gasteiger partial charge is 0.467 e. The normalized spacial score (nSPS) is 18.1. The molecule has 1 N–H and O–H groups in total. The van der Waals surface area contributed by atoms with Crippen LogP contribution >= 0.6 is 0 Å². The number of ether oxygens (including phenoxy) is 1. The van der Waals surface area contributed by atoms with Gasteiger partial charge in [-0.1, -0.05) is 0 Å². The molecule has 108 valence electrons. The Balaban J connectivity index is 2.13. The van der Waals surface area contributed by atoms with Gasteiger partial charge in [0.15, 0.2) is 0 Å². The highest BCUT2D eigenvalue weighted by atomic mass is 16.5. The van der Waals surface area contributed by atoms with Crippen LogP contribution in [0.2, 0.25) is 0 Å². The third kappa shape index (κ3) is 2.79. The molecule has 2 heterocycles. The third-order valence-corrected chi connectivity index (χ3v) is 3.25. The summed E-state index contributed by atoms with van der Waals surface area (Å²) in [5.74, 6) is -0.809. The molecule has 8 heteroatoms. The van der Waals surface area contributed by atoms with E-state index in [2.05, 4.69) is 9.72 Å². The number of aromatic amines is 1. The molecule has 1 atom stereocenters. The third-order valence-electron chi connectivity index (χ3n) is 3.25. The van der Waals surface area contributed by atoms with Crippen LogP contribution < -0.4 is 11.2 Å². The molecule has 0 bridgehead atoms. The standard InChI is InChI=1S/C12H15N3O5/c1-20-11(18)8-3-2-5-15(8)10(17)7-14-6-4-9(16)13-12(14)19/h4,6,8H,2-3,5,7H2,1H3,(H,13,16,19). The Kier molecular flexibility index (Phi) is 4.02. The molecule has 1 saturated heterocycles. The lowest BCUT2D eigenvalue weighted by Crippen LogP contribution is -2.44. The molecule has 20 heavy (non-hydrogen) atoms. The van der Waals surface area contributed by atoms with Gasteiger partial charge in [0.1, 0.15) is 12.6 Å². The highest BCUT2D eigenvalue weighted by Gasteiger charge is 2.34. The fourth-order valence-corrected chi connectivity index (χ4v) is 2.25. The molecule has 1 fully saturated rings. The molecule has 1 aliphatic rings. The summed E-state index contributed by atoms with van der Waals surface area (Å²) in [6, 6.07) is 0.571. The van der Waals surface area contributed by atoms with E-state index in [-0.39, 0.29) is 12.5 Å². The summed E-state index contributed by atoms with van der Waals surface area (Å²) in [5.41, 5.74) is -1.17. The topological polar surface area (TPSA) is 101 Å². The molecule has 0 aromatic carbocycles. The quantitative estimate of drug-likeness (QED) is 0.694. The summed E-state index contributed by atoms with van der Waals surface area (Å²) < 4.78 is 5.75. The van der Waals surface area contributed by atoms with Crippen molar-refractivity contribution < 1.29 is 14.3 Å². The van der Waals surface area contributed by atoms with Gasteiger partial charge in [-0.3, -0.25) is 19.1 Å². The predicted molar refractivity (Wildman–Crippen MR) is 68.1 cm³/mol. The Morgan fingerprint density at radius 2 is 2.20 bits per heavy atom. The second-order valence-corrected chi connectivity index (χ2v) is 4.51. The number of aromatic nitrogens is 2. The van der Waals surface area contributed by atoms with Gasteiger partial charge in [-0.25, -0.2) is 9.59 Å². The molecular formula is C12H15N3O5. The number of esters is 1. The zero-order valence-corrected chi connectivity index (χ0v) is 11.0. The molecule has 0 radical (unpaired) electrons. The van der Waals surface area contributed by atoms with E-state index in [9.17, 15) is 19.2 Å². The fraction of sp³-hybridized carbons (Fsp3) is 0.500. The molecule has 8 nitrogen and oxygen atoms in total. The van der Waals surface area contributed by atoms with Crippen molar-refractivity contribution in [1.29, 1.82) is 0 Å². The first kappa shape index (κ1) is 14.0. The zero-order valence-electron chi connectivity index (χ0n) is 11.0. The molecule has 0 spiro atoms. The number of nitrogens with one attached hydrogen (secondary N) is 1. The Labute approximate surface area is 114 Å². The lowest BCUT2D eigenvalue weighted by atomic mass is 10.2. The van der Waals surface area contributed by atoms with Crippen molar-refractivity contribution in [2.24, 2.45) is 0 Å². The van der Waals surface area contributed by atoms with Gasteiger partial charge in [-0.2, -0.15) is 0 Å². The Bertz CT molecular complexity index is 632. The van der Waals surface area contributed by atoms with E-state index >= 15 is 0 Å². The fourth-order valence-electron chi connectivity index (χ4n) is 2.25. The minimum atomic E-state index is -0.653. The number of carbonyl (C=O) groups is 2. The van der Waals surface area contributed by atoms with Crippen molar-refractivity contribution >= 4 is 11.9 Å². The second-order valence-electron chi connectivity index (χ2n) is 4.51. The number of hydrogen-bond acceptors (Lipinski definition) is 5. The SMILES string of the molecule is COC(=O)C1CCCN1C(=O)Cn1ccc(=O)[nH]c1=O. The number of amides is 1. The van der Waals surface area contributed by atoms with Crippen molar-refractivity contribution in [3.05, 3.63) is 33.1 Å².